The molecule has 1 aliphatic carbocycles. The Kier molecular flexibility index (Phi) is 7.58. The van der Waals surface area contributed by atoms with Crippen molar-refractivity contribution in [1.29, 1.82) is 0 Å². The molecule has 9 heteroatoms. The molecule has 4 aromatic rings. The maximum absolute atomic E-state index is 14.2. The number of piperidine rings is 1. The molecule has 2 fully saturated rings. The standard InChI is InChI=1S/C34H38N6O3/c1-20-14-25(24-18-36-22(3)37-19-24)26(30-31(20)38-39-32(30)21(2)41)15-29(42)40-27(16-34(4)17-28(34)40)33(43)35-13-9-8-12-23-10-6-5-7-11-23/h5-7,10-11,14,18-19,27-28H,8-9,12-13,15-17H2,1-4H3,(H,35,43)(H,38,39)/t27-,28+,34-/m0/s1. The number of carbonyl (C=O) groups excluding carboxylic acids is 3. The van der Waals surface area contributed by atoms with E-state index in [0.29, 0.717) is 41.0 Å². The molecule has 3 heterocycles. The summed E-state index contributed by atoms with van der Waals surface area (Å²) in [5.41, 5.74) is 5.42. The molecule has 43 heavy (non-hydrogen) atoms. The molecule has 2 aromatic heterocycles. The molecular formula is C34H38N6O3. The normalized spacial score (nSPS) is 20.7. The summed E-state index contributed by atoms with van der Waals surface area (Å²) in [5.74, 6) is 0.278. The number of hydrogen-bond acceptors (Lipinski definition) is 6. The number of aromatic nitrogens is 4. The predicted octanol–water partition coefficient (Wildman–Crippen LogP) is 4.90. The second kappa shape index (κ2) is 11.4. The van der Waals surface area contributed by atoms with Crippen molar-refractivity contribution in [2.75, 3.05) is 6.54 Å². The van der Waals surface area contributed by atoms with Crippen LogP contribution in [0, 0.1) is 19.3 Å². The Balaban J connectivity index is 1.24. The van der Waals surface area contributed by atoms with Crippen molar-refractivity contribution in [2.24, 2.45) is 5.41 Å². The number of rotatable bonds is 10. The number of carbonyl (C=O) groups is 3. The van der Waals surface area contributed by atoms with E-state index in [-0.39, 0.29) is 35.5 Å². The fourth-order valence-corrected chi connectivity index (χ4v) is 6.69. The van der Waals surface area contributed by atoms with Crippen molar-refractivity contribution in [3.63, 3.8) is 0 Å². The van der Waals surface area contributed by atoms with Crippen LogP contribution in [0.4, 0.5) is 0 Å². The zero-order valence-electron chi connectivity index (χ0n) is 25.2. The van der Waals surface area contributed by atoms with Crippen LogP contribution in [-0.2, 0) is 22.4 Å². The van der Waals surface area contributed by atoms with E-state index in [4.69, 9.17) is 0 Å². The molecule has 222 valence electrons. The van der Waals surface area contributed by atoms with E-state index >= 15 is 0 Å². The lowest BCUT2D eigenvalue weighted by Gasteiger charge is -2.27. The summed E-state index contributed by atoms with van der Waals surface area (Å²) in [7, 11) is 0. The zero-order chi connectivity index (χ0) is 30.3. The number of nitrogens with one attached hydrogen (secondary N) is 2. The average Bonchev–Trinajstić information content (AvgIpc) is 3.30. The molecular weight excluding hydrogens is 540 g/mol. The first-order valence-corrected chi connectivity index (χ1v) is 15.1. The molecule has 9 nitrogen and oxygen atoms in total. The van der Waals surface area contributed by atoms with Gasteiger partial charge in [-0.25, -0.2) is 9.97 Å². The summed E-state index contributed by atoms with van der Waals surface area (Å²) in [6.07, 6.45) is 7.90. The van der Waals surface area contributed by atoms with E-state index in [0.717, 1.165) is 42.4 Å². The van der Waals surface area contributed by atoms with Gasteiger partial charge in [0.15, 0.2) is 5.78 Å². The van der Waals surface area contributed by atoms with Gasteiger partial charge in [-0.05, 0) is 79.7 Å². The van der Waals surface area contributed by atoms with Crippen LogP contribution in [0.25, 0.3) is 22.0 Å². The van der Waals surface area contributed by atoms with E-state index < -0.39 is 6.04 Å². The van der Waals surface area contributed by atoms with Crippen molar-refractivity contribution < 1.29 is 14.4 Å². The number of ketones is 1. The fraction of sp³-hybridized carbons (Fsp3) is 0.412. The molecule has 2 aromatic carbocycles. The summed E-state index contributed by atoms with van der Waals surface area (Å²) in [5, 5.41) is 11.1. The number of likely N-dealkylation sites (tertiary alicyclic amines) is 1. The summed E-state index contributed by atoms with van der Waals surface area (Å²) < 4.78 is 0. The first kappa shape index (κ1) is 28.7. The molecule has 1 aliphatic heterocycles. The summed E-state index contributed by atoms with van der Waals surface area (Å²) in [6, 6.07) is 11.9. The fourth-order valence-electron chi connectivity index (χ4n) is 6.69. The first-order valence-electron chi connectivity index (χ1n) is 15.1. The second-order valence-corrected chi connectivity index (χ2v) is 12.4. The van der Waals surface area contributed by atoms with Crippen LogP contribution in [0.15, 0.2) is 48.8 Å². The van der Waals surface area contributed by atoms with Crippen molar-refractivity contribution >= 4 is 28.5 Å². The van der Waals surface area contributed by atoms with Crippen LogP contribution in [-0.4, -0.2) is 61.3 Å². The molecule has 2 amide bonds. The third-order valence-corrected chi connectivity index (χ3v) is 9.16. The van der Waals surface area contributed by atoms with E-state index in [2.05, 4.69) is 44.5 Å². The Labute approximate surface area is 251 Å². The highest BCUT2D eigenvalue weighted by Crippen LogP contribution is 2.59. The highest BCUT2D eigenvalue weighted by atomic mass is 16.2. The Morgan fingerprint density at radius 1 is 1.07 bits per heavy atom. The Hall–Kier alpha value is -4.40. The molecule has 1 saturated carbocycles. The number of H-pyrrole nitrogens is 1. The third-order valence-electron chi connectivity index (χ3n) is 9.16. The van der Waals surface area contributed by atoms with Crippen molar-refractivity contribution in [1.82, 2.24) is 30.4 Å². The number of fused-ring (bicyclic) bond motifs is 2. The van der Waals surface area contributed by atoms with Gasteiger partial charge in [0.2, 0.25) is 11.8 Å². The highest BCUT2D eigenvalue weighted by Gasteiger charge is 2.64. The van der Waals surface area contributed by atoms with Gasteiger partial charge in [0, 0.05) is 42.9 Å². The summed E-state index contributed by atoms with van der Waals surface area (Å²) >= 11 is 0. The molecule has 6 rings (SSSR count). The van der Waals surface area contributed by atoms with E-state index in [1.807, 2.05) is 43.0 Å². The minimum absolute atomic E-state index is 0.0350. The van der Waals surface area contributed by atoms with Crippen LogP contribution < -0.4 is 5.32 Å². The number of Topliss-reactive ketones (excluding diaryl/α,β-unsaturated/α-hetero) is 1. The topological polar surface area (TPSA) is 121 Å². The van der Waals surface area contributed by atoms with Crippen molar-refractivity contribution in [2.45, 2.75) is 78.3 Å². The maximum Gasteiger partial charge on any atom is 0.242 e. The Morgan fingerprint density at radius 3 is 2.53 bits per heavy atom. The van der Waals surface area contributed by atoms with Gasteiger partial charge in [0.1, 0.15) is 17.6 Å². The van der Waals surface area contributed by atoms with Crippen LogP contribution in [0.1, 0.15) is 72.5 Å². The molecule has 3 atom stereocenters. The zero-order valence-corrected chi connectivity index (χ0v) is 25.2. The minimum Gasteiger partial charge on any atom is -0.354 e. The molecule has 2 N–H and O–H groups in total. The number of benzene rings is 2. The number of aromatic amines is 1. The van der Waals surface area contributed by atoms with Crippen LogP contribution in [0.3, 0.4) is 0 Å². The monoisotopic (exact) mass is 578 g/mol. The van der Waals surface area contributed by atoms with Gasteiger partial charge in [-0.1, -0.05) is 37.3 Å². The summed E-state index contributed by atoms with van der Waals surface area (Å²) in [6.45, 7) is 7.99. The van der Waals surface area contributed by atoms with Gasteiger partial charge in [0.05, 0.1) is 11.9 Å². The third kappa shape index (κ3) is 5.56. The average molecular weight is 579 g/mol. The molecule has 0 unspecified atom stereocenters. The first-order chi connectivity index (χ1) is 20.7. The van der Waals surface area contributed by atoms with Gasteiger partial charge in [0.25, 0.3) is 0 Å². The second-order valence-electron chi connectivity index (χ2n) is 12.4. The number of aryl methyl sites for hydroxylation is 3. The van der Waals surface area contributed by atoms with Crippen LogP contribution in [0.5, 0.6) is 0 Å². The number of unbranched alkanes of at least 4 members (excludes halogenated alkanes) is 1. The van der Waals surface area contributed by atoms with Crippen LogP contribution in [0.2, 0.25) is 0 Å². The summed E-state index contributed by atoms with van der Waals surface area (Å²) in [4.78, 5) is 50.9. The van der Waals surface area contributed by atoms with Gasteiger partial charge in [-0.15, -0.1) is 0 Å². The number of amides is 2. The van der Waals surface area contributed by atoms with E-state index in [1.165, 1.54) is 12.5 Å². The maximum atomic E-state index is 14.2. The van der Waals surface area contributed by atoms with Gasteiger partial charge in [-0.3, -0.25) is 19.5 Å². The van der Waals surface area contributed by atoms with E-state index in [1.54, 1.807) is 12.4 Å². The Morgan fingerprint density at radius 2 is 1.81 bits per heavy atom. The van der Waals surface area contributed by atoms with Crippen molar-refractivity contribution in [3.8, 4) is 11.1 Å². The SMILES string of the molecule is CC(=O)c1[nH]nc2c(C)cc(-c3cnc(C)nc3)c(CC(=O)N3[C@H](C(=O)NCCCCc4ccccc4)C[C@@]4(C)C[C@@H]34)c12. The van der Waals surface area contributed by atoms with Gasteiger partial charge < -0.3 is 10.2 Å². The quantitative estimate of drug-likeness (QED) is 0.204. The highest BCUT2D eigenvalue weighted by molar-refractivity contribution is 6.09. The molecule has 0 spiro atoms. The lowest BCUT2D eigenvalue weighted by Crippen LogP contribution is -2.48. The molecule has 1 saturated heterocycles. The molecule has 0 bridgehead atoms. The van der Waals surface area contributed by atoms with Gasteiger partial charge >= 0.3 is 0 Å². The lowest BCUT2D eigenvalue weighted by atomic mass is 9.91. The largest absolute Gasteiger partial charge is 0.354 e. The Bertz CT molecular complexity index is 1700. The molecule has 0 radical (unpaired) electrons. The number of nitrogens with zero attached hydrogens (tertiary/aromatic N) is 4. The molecule has 2 aliphatic rings. The van der Waals surface area contributed by atoms with Gasteiger partial charge in [-0.2, -0.15) is 5.10 Å². The smallest absolute Gasteiger partial charge is 0.242 e. The van der Waals surface area contributed by atoms with Crippen LogP contribution >= 0.6 is 0 Å². The lowest BCUT2D eigenvalue weighted by molar-refractivity contribution is -0.139. The number of hydrogen-bond donors (Lipinski definition) is 2. The minimum atomic E-state index is -0.505. The predicted molar refractivity (Wildman–Crippen MR) is 164 cm³/mol. The van der Waals surface area contributed by atoms with Crippen molar-refractivity contribution in [3.05, 3.63) is 77.0 Å². The van der Waals surface area contributed by atoms with E-state index in [9.17, 15) is 14.4 Å².